The summed E-state index contributed by atoms with van der Waals surface area (Å²) < 4.78 is 19.3. The number of rotatable bonds is 4. The van der Waals surface area contributed by atoms with Crippen molar-refractivity contribution in [3.8, 4) is 0 Å². The topological polar surface area (TPSA) is 72.1 Å². The van der Waals surface area contributed by atoms with E-state index < -0.39 is 0 Å². The van der Waals surface area contributed by atoms with Crippen LogP contribution in [0, 0.1) is 5.82 Å². The molecule has 0 bridgehead atoms. The summed E-state index contributed by atoms with van der Waals surface area (Å²) in [5.74, 6) is 0.712. The molecule has 1 aliphatic rings. The normalized spacial score (nSPS) is 17.1. The van der Waals surface area contributed by atoms with Crippen LogP contribution in [0.25, 0.3) is 0 Å². The number of aromatic nitrogens is 3. The molecule has 3 aromatic rings. The maximum absolute atomic E-state index is 13.4. The van der Waals surface area contributed by atoms with Gasteiger partial charge in [0.25, 0.3) is 5.91 Å². The number of amides is 1. The molecular formula is C20H19FN4O2. The van der Waals surface area contributed by atoms with E-state index in [1.54, 1.807) is 29.3 Å². The van der Waals surface area contributed by atoms with Gasteiger partial charge in [-0.25, -0.2) is 9.37 Å². The quantitative estimate of drug-likeness (QED) is 0.706. The van der Waals surface area contributed by atoms with Crippen molar-refractivity contribution in [1.29, 1.82) is 0 Å². The number of halogens is 1. The molecule has 0 spiro atoms. The predicted molar refractivity (Wildman–Crippen MR) is 95.4 cm³/mol. The summed E-state index contributed by atoms with van der Waals surface area (Å²) in [5, 5.41) is 7.71. The molecule has 2 aromatic heterocycles. The van der Waals surface area contributed by atoms with Gasteiger partial charge in [0.05, 0.1) is 6.20 Å². The van der Waals surface area contributed by atoms with Crippen LogP contribution in [-0.2, 0) is 6.42 Å². The summed E-state index contributed by atoms with van der Waals surface area (Å²) in [6, 6.07) is 9.53. The number of carbonyl (C=O) groups is 1. The molecule has 27 heavy (non-hydrogen) atoms. The highest BCUT2D eigenvalue weighted by Crippen LogP contribution is 2.32. The molecule has 1 atom stereocenters. The third-order valence-corrected chi connectivity index (χ3v) is 4.68. The van der Waals surface area contributed by atoms with Crippen molar-refractivity contribution in [1.82, 2.24) is 20.1 Å². The number of carbonyl (C=O) groups excluding carboxylic acids is 1. The van der Waals surface area contributed by atoms with Crippen LogP contribution in [0.1, 0.15) is 53.0 Å². The summed E-state index contributed by atoms with van der Waals surface area (Å²) in [5.41, 5.74) is 1.13. The Bertz CT molecular complexity index is 928. The zero-order valence-corrected chi connectivity index (χ0v) is 14.7. The Morgan fingerprint density at radius 3 is 3.00 bits per heavy atom. The van der Waals surface area contributed by atoms with Crippen LogP contribution in [0.4, 0.5) is 4.39 Å². The van der Waals surface area contributed by atoms with E-state index >= 15 is 0 Å². The average molecular weight is 366 g/mol. The molecule has 0 N–H and O–H groups in total. The number of oxazole rings is 1. The highest BCUT2D eigenvalue weighted by molar-refractivity contribution is 5.92. The Labute approximate surface area is 156 Å². The minimum absolute atomic E-state index is 0.169. The number of piperidine rings is 1. The van der Waals surface area contributed by atoms with Gasteiger partial charge < -0.3 is 9.32 Å². The second-order valence-electron chi connectivity index (χ2n) is 6.59. The van der Waals surface area contributed by atoms with Crippen molar-refractivity contribution in [3.63, 3.8) is 0 Å². The van der Waals surface area contributed by atoms with Crippen LogP contribution in [0.5, 0.6) is 0 Å². The monoisotopic (exact) mass is 366 g/mol. The summed E-state index contributed by atoms with van der Waals surface area (Å²) in [7, 11) is 0. The number of likely N-dealkylation sites (tertiary alicyclic amines) is 1. The largest absolute Gasteiger partial charge is 0.443 e. The van der Waals surface area contributed by atoms with E-state index in [0.717, 1.165) is 24.8 Å². The lowest BCUT2D eigenvalue weighted by Gasteiger charge is -2.33. The Balaban J connectivity index is 1.54. The van der Waals surface area contributed by atoms with E-state index in [0.29, 0.717) is 30.3 Å². The fourth-order valence-electron chi connectivity index (χ4n) is 3.40. The lowest BCUT2D eigenvalue weighted by Crippen LogP contribution is -2.39. The van der Waals surface area contributed by atoms with Crippen molar-refractivity contribution in [3.05, 3.63) is 77.5 Å². The molecule has 1 fully saturated rings. The van der Waals surface area contributed by atoms with Crippen LogP contribution in [0.15, 0.2) is 53.2 Å². The van der Waals surface area contributed by atoms with E-state index in [1.807, 2.05) is 6.07 Å². The first-order valence-corrected chi connectivity index (χ1v) is 8.98. The molecule has 0 saturated carbocycles. The van der Waals surface area contributed by atoms with Crippen LogP contribution < -0.4 is 0 Å². The first-order valence-electron chi connectivity index (χ1n) is 8.98. The van der Waals surface area contributed by atoms with E-state index in [-0.39, 0.29) is 17.8 Å². The van der Waals surface area contributed by atoms with Gasteiger partial charge in [0.2, 0.25) is 5.89 Å². The van der Waals surface area contributed by atoms with Crippen molar-refractivity contribution < 1.29 is 13.6 Å². The summed E-state index contributed by atoms with van der Waals surface area (Å²) in [6.07, 6.45) is 6.36. The molecule has 1 amide bonds. The van der Waals surface area contributed by atoms with Gasteiger partial charge >= 0.3 is 0 Å². The Hall–Kier alpha value is -3.09. The Morgan fingerprint density at radius 1 is 1.26 bits per heavy atom. The van der Waals surface area contributed by atoms with Gasteiger partial charge in [0, 0.05) is 19.2 Å². The fourth-order valence-corrected chi connectivity index (χ4v) is 3.40. The van der Waals surface area contributed by atoms with Gasteiger partial charge in [-0.15, -0.1) is 5.10 Å². The van der Waals surface area contributed by atoms with E-state index in [4.69, 9.17) is 4.42 Å². The number of hydrogen-bond donors (Lipinski definition) is 0. The van der Waals surface area contributed by atoms with Crippen molar-refractivity contribution in [2.24, 2.45) is 0 Å². The standard InChI is InChI=1S/C20H19FN4O2/c21-15-6-3-5-14(11-15)12-16-13-22-19(27-16)18-8-1-2-10-25(18)20(26)17-7-4-9-23-24-17/h3-7,9,11,13,18H,1-2,8,10,12H2. The molecule has 138 valence electrons. The molecule has 1 aliphatic heterocycles. The highest BCUT2D eigenvalue weighted by Gasteiger charge is 2.32. The summed E-state index contributed by atoms with van der Waals surface area (Å²) in [4.78, 5) is 19.0. The second kappa shape index (κ2) is 7.65. The van der Waals surface area contributed by atoms with Crippen molar-refractivity contribution >= 4 is 5.91 Å². The van der Waals surface area contributed by atoms with Crippen LogP contribution in [0.3, 0.4) is 0 Å². The smallest absolute Gasteiger partial charge is 0.275 e. The highest BCUT2D eigenvalue weighted by atomic mass is 19.1. The van der Waals surface area contributed by atoms with E-state index in [1.165, 1.54) is 18.3 Å². The molecule has 1 unspecified atom stereocenters. The minimum Gasteiger partial charge on any atom is -0.443 e. The summed E-state index contributed by atoms with van der Waals surface area (Å²) in [6.45, 7) is 0.627. The van der Waals surface area contributed by atoms with Gasteiger partial charge in [-0.2, -0.15) is 5.10 Å². The van der Waals surface area contributed by atoms with Gasteiger partial charge in [-0.1, -0.05) is 12.1 Å². The zero-order chi connectivity index (χ0) is 18.6. The Kier molecular flexibility index (Phi) is 4.91. The van der Waals surface area contributed by atoms with Gasteiger partial charge in [-0.05, 0) is 49.1 Å². The third kappa shape index (κ3) is 3.86. The number of hydrogen-bond acceptors (Lipinski definition) is 5. The fraction of sp³-hybridized carbons (Fsp3) is 0.300. The van der Waals surface area contributed by atoms with Crippen LogP contribution >= 0.6 is 0 Å². The maximum Gasteiger partial charge on any atom is 0.275 e. The Morgan fingerprint density at radius 2 is 2.19 bits per heavy atom. The minimum atomic E-state index is -0.278. The summed E-state index contributed by atoms with van der Waals surface area (Å²) >= 11 is 0. The average Bonchev–Trinajstić information content (AvgIpc) is 3.16. The zero-order valence-electron chi connectivity index (χ0n) is 14.7. The first kappa shape index (κ1) is 17.3. The molecule has 4 rings (SSSR count). The lowest BCUT2D eigenvalue weighted by molar-refractivity contribution is 0.0562. The lowest BCUT2D eigenvalue weighted by atomic mass is 10.0. The SMILES string of the molecule is O=C(c1cccnn1)N1CCCCC1c1ncc(Cc2cccc(F)c2)o1. The van der Waals surface area contributed by atoms with Crippen molar-refractivity contribution in [2.45, 2.75) is 31.7 Å². The predicted octanol–water partition coefficient (Wildman–Crippen LogP) is 3.56. The van der Waals surface area contributed by atoms with Crippen LogP contribution in [0.2, 0.25) is 0 Å². The molecular weight excluding hydrogens is 347 g/mol. The molecule has 3 heterocycles. The molecule has 1 aromatic carbocycles. The van der Waals surface area contributed by atoms with Gasteiger partial charge in [0.1, 0.15) is 17.6 Å². The van der Waals surface area contributed by atoms with E-state index in [9.17, 15) is 9.18 Å². The maximum atomic E-state index is 13.4. The molecule has 0 aliphatic carbocycles. The first-order chi connectivity index (χ1) is 13.2. The van der Waals surface area contributed by atoms with Crippen molar-refractivity contribution in [2.75, 3.05) is 6.54 Å². The van der Waals surface area contributed by atoms with E-state index in [2.05, 4.69) is 15.2 Å². The number of nitrogens with zero attached hydrogens (tertiary/aromatic N) is 4. The molecule has 0 radical (unpaired) electrons. The number of benzene rings is 1. The third-order valence-electron chi connectivity index (χ3n) is 4.68. The van der Waals surface area contributed by atoms with Gasteiger partial charge in [0.15, 0.2) is 5.69 Å². The molecule has 6 nitrogen and oxygen atoms in total. The second-order valence-corrected chi connectivity index (χ2v) is 6.59. The molecule has 1 saturated heterocycles. The molecule has 7 heteroatoms. The van der Waals surface area contributed by atoms with Gasteiger partial charge in [-0.3, -0.25) is 4.79 Å². The van der Waals surface area contributed by atoms with Crippen LogP contribution in [-0.4, -0.2) is 32.5 Å².